The van der Waals surface area contributed by atoms with Crippen molar-refractivity contribution in [3.8, 4) is 0 Å². The molecule has 38 heavy (non-hydrogen) atoms. The van der Waals surface area contributed by atoms with Gasteiger partial charge in [0.1, 0.15) is 6.10 Å². The number of hydrogen-bond acceptors (Lipinski definition) is 7. The molecule has 3 unspecified atom stereocenters. The zero-order chi connectivity index (χ0) is 25.9. The second-order valence-corrected chi connectivity index (χ2v) is 10.6. The average molecular weight is 515 g/mol. The number of alkyl carbamates (subject to hydrolysis) is 1. The number of rotatable bonds is 8. The van der Waals surface area contributed by atoms with Crippen molar-refractivity contribution in [2.45, 2.75) is 31.0 Å². The summed E-state index contributed by atoms with van der Waals surface area (Å²) in [5, 5.41) is 7.55. The van der Waals surface area contributed by atoms with E-state index in [0.717, 1.165) is 48.1 Å². The Labute approximate surface area is 222 Å². The van der Waals surface area contributed by atoms with Crippen LogP contribution in [0, 0.1) is 11.8 Å². The Balaban J connectivity index is 1.19. The molecule has 8 heteroatoms. The monoisotopic (exact) mass is 514 g/mol. The summed E-state index contributed by atoms with van der Waals surface area (Å²) in [5.41, 5.74) is 2.65. The number of nitrogens with one attached hydrogen (secondary N) is 2. The van der Waals surface area contributed by atoms with E-state index in [1.165, 1.54) is 0 Å². The molecule has 3 aliphatic heterocycles. The first kappa shape index (κ1) is 25.0. The van der Waals surface area contributed by atoms with Gasteiger partial charge in [0, 0.05) is 43.2 Å². The van der Waals surface area contributed by atoms with Crippen molar-refractivity contribution in [3.63, 3.8) is 0 Å². The van der Waals surface area contributed by atoms with Gasteiger partial charge in [-0.1, -0.05) is 36.4 Å². The summed E-state index contributed by atoms with van der Waals surface area (Å²) in [6, 6.07) is 19.3. The van der Waals surface area contributed by atoms with Crippen LogP contribution < -0.4 is 10.6 Å². The second-order valence-electron chi connectivity index (χ2n) is 10.6. The molecule has 5 atom stereocenters. The summed E-state index contributed by atoms with van der Waals surface area (Å²) in [7, 11) is 0. The molecule has 0 aliphatic carbocycles. The van der Waals surface area contributed by atoms with Crippen LogP contribution in [0.2, 0.25) is 0 Å². The molecule has 4 heterocycles. The van der Waals surface area contributed by atoms with Gasteiger partial charge in [0.2, 0.25) is 0 Å². The van der Waals surface area contributed by atoms with Crippen molar-refractivity contribution < 1.29 is 19.1 Å². The number of carbonyl (C=O) groups excluding carboxylic acids is 2. The average Bonchev–Trinajstić information content (AvgIpc) is 3.69. The molecule has 3 aliphatic rings. The van der Waals surface area contributed by atoms with Crippen molar-refractivity contribution in [1.29, 1.82) is 0 Å². The van der Waals surface area contributed by atoms with Gasteiger partial charge in [0.15, 0.2) is 5.78 Å². The van der Waals surface area contributed by atoms with Gasteiger partial charge in [0.05, 0.1) is 30.8 Å². The van der Waals surface area contributed by atoms with Crippen molar-refractivity contribution >= 4 is 22.8 Å². The maximum atomic E-state index is 13.9. The predicted octanol–water partition coefficient (Wildman–Crippen LogP) is 3.58. The summed E-state index contributed by atoms with van der Waals surface area (Å²) < 4.78 is 10.9. The van der Waals surface area contributed by atoms with Crippen LogP contribution >= 0.6 is 0 Å². The maximum Gasteiger partial charge on any atom is 0.407 e. The lowest BCUT2D eigenvalue weighted by atomic mass is 9.88. The summed E-state index contributed by atoms with van der Waals surface area (Å²) in [6.45, 7) is 4.42. The molecule has 0 radical (unpaired) electrons. The highest BCUT2D eigenvalue weighted by molar-refractivity contribution is 6.03. The van der Waals surface area contributed by atoms with Crippen LogP contribution in [-0.4, -0.2) is 73.3 Å². The third kappa shape index (κ3) is 5.29. The van der Waals surface area contributed by atoms with E-state index in [2.05, 4.69) is 20.5 Å². The Morgan fingerprint density at radius 1 is 1.13 bits per heavy atom. The van der Waals surface area contributed by atoms with E-state index in [-0.39, 0.29) is 29.9 Å². The number of carbonyl (C=O) groups is 2. The van der Waals surface area contributed by atoms with Gasteiger partial charge in [-0.05, 0) is 54.6 Å². The normalized spacial score (nSPS) is 25.8. The van der Waals surface area contributed by atoms with Gasteiger partial charge < -0.3 is 20.1 Å². The Kier molecular flexibility index (Phi) is 7.35. The fourth-order valence-corrected chi connectivity index (χ4v) is 6.23. The molecular formula is C30H34N4O4. The Morgan fingerprint density at radius 2 is 2.03 bits per heavy atom. The lowest BCUT2D eigenvalue weighted by Crippen LogP contribution is -2.43. The molecule has 0 spiro atoms. The molecule has 6 rings (SSSR count). The van der Waals surface area contributed by atoms with Crippen molar-refractivity contribution in [2.75, 3.05) is 39.4 Å². The fraction of sp³-hybridized carbons (Fsp3) is 0.433. The van der Waals surface area contributed by atoms with Crippen molar-refractivity contribution in [3.05, 3.63) is 78.0 Å². The lowest BCUT2D eigenvalue weighted by molar-refractivity contribution is 0.0777. The number of Topliss-reactive ketones (excluding diaryl/α,β-unsaturated/α-hetero) is 1. The molecule has 2 aromatic carbocycles. The number of benzene rings is 2. The van der Waals surface area contributed by atoms with E-state index in [0.29, 0.717) is 32.1 Å². The first-order valence-electron chi connectivity index (χ1n) is 13.6. The molecule has 0 saturated carbocycles. The minimum atomic E-state index is -0.422. The molecule has 198 valence electrons. The second kappa shape index (κ2) is 11.2. The summed E-state index contributed by atoms with van der Waals surface area (Å²) in [6.07, 6.45) is 2.55. The van der Waals surface area contributed by atoms with Gasteiger partial charge in [0.25, 0.3) is 0 Å². The van der Waals surface area contributed by atoms with Gasteiger partial charge in [-0.2, -0.15) is 0 Å². The standard InChI is InChI=1S/C30H34N4O4/c35-29(22-8-9-26-21(15-22)7-4-12-32-26)28-25-17-31-16-23(25)18-34(28)13-10-27(20-5-2-1-3-6-20)33-30(36)38-24-11-14-37-19-24/h1-9,12,15,23-25,27-28,31H,10-11,13-14,16-19H2,(H,33,36)/t23?,24?,25-,27?,28+/m1/s1. The SMILES string of the molecule is O=C(NC(CCN1CC2CNC[C@H]2[C@H]1C(=O)c1ccc2ncccc2c1)c1ccccc1)OC1CCOC1. The first-order chi connectivity index (χ1) is 18.7. The van der Waals surface area contributed by atoms with Gasteiger partial charge in [-0.25, -0.2) is 4.79 Å². The van der Waals surface area contributed by atoms with Crippen LogP contribution in [-0.2, 0) is 9.47 Å². The zero-order valence-corrected chi connectivity index (χ0v) is 21.4. The molecule has 8 nitrogen and oxygen atoms in total. The summed E-state index contributed by atoms with van der Waals surface area (Å²) in [4.78, 5) is 33.4. The zero-order valence-electron chi connectivity index (χ0n) is 21.4. The third-order valence-electron chi connectivity index (χ3n) is 8.18. The molecule has 1 aromatic heterocycles. The van der Waals surface area contributed by atoms with E-state index in [1.807, 2.05) is 60.7 Å². The number of hydrogen-bond donors (Lipinski definition) is 2. The molecule has 3 saturated heterocycles. The van der Waals surface area contributed by atoms with Crippen LogP contribution in [0.25, 0.3) is 10.9 Å². The number of aromatic nitrogens is 1. The number of ether oxygens (including phenoxy) is 2. The van der Waals surface area contributed by atoms with Crippen LogP contribution in [0.1, 0.15) is 34.8 Å². The largest absolute Gasteiger partial charge is 0.444 e. The van der Waals surface area contributed by atoms with E-state index in [9.17, 15) is 9.59 Å². The molecule has 0 bridgehead atoms. The Bertz CT molecular complexity index is 1280. The van der Waals surface area contributed by atoms with E-state index >= 15 is 0 Å². The van der Waals surface area contributed by atoms with E-state index in [1.54, 1.807) is 6.20 Å². The highest BCUT2D eigenvalue weighted by atomic mass is 16.6. The highest BCUT2D eigenvalue weighted by Gasteiger charge is 2.47. The number of fused-ring (bicyclic) bond motifs is 2. The number of ketones is 1. The summed E-state index contributed by atoms with van der Waals surface area (Å²) in [5.74, 6) is 0.890. The van der Waals surface area contributed by atoms with Gasteiger partial charge >= 0.3 is 6.09 Å². The number of nitrogens with zero attached hydrogens (tertiary/aromatic N) is 2. The first-order valence-corrected chi connectivity index (χ1v) is 13.6. The Hall–Kier alpha value is -3.33. The van der Waals surface area contributed by atoms with E-state index < -0.39 is 6.09 Å². The maximum absolute atomic E-state index is 13.9. The molecule has 3 fully saturated rings. The number of likely N-dealkylation sites (tertiary alicyclic amines) is 1. The van der Waals surface area contributed by atoms with Gasteiger partial charge in [-0.15, -0.1) is 0 Å². The van der Waals surface area contributed by atoms with Crippen LogP contribution in [0.4, 0.5) is 4.79 Å². The molecule has 1 amide bonds. The molecule has 2 N–H and O–H groups in total. The highest BCUT2D eigenvalue weighted by Crippen LogP contribution is 2.35. The molecular weight excluding hydrogens is 480 g/mol. The van der Waals surface area contributed by atoms with Crippen LogP contribution in [0.5, 0.6) is 0 Å². The van der Waals surface area contributed by atoms with Crippen molar-refractivity contribution in [2.24, 2.45) is 11.8 Å². The fourth-order valence-electron chi connectivity index (χ4n) is 6.23. The van der Waals surface area contributed by atoms with Gasteiger partial charge in [-0.3, -0.25) is 14.7 Å². The van der Waals surface area contributed by atoms with E-state index in [4.69, 9.17) is 9.47 Å². The minimum absolute atomic E-state index is 0.164. The summed E-state index contributed by atoms with van der Waals surface area (Å²) >= 11 is 0. The molecule has 3 aromatic rings. The van der Waals surface area contributed by atoms with Crippen molar-refractivity contribution in [1.82, 2.24) is 20.5 Å². The smallest absolute Gasteiger partial charge is 0.407 e. The van der Waals surface area contributed by atoms with Crippen LogP contribution in [0.15, 0.2) is 66.9 Å². The third-order valence-corrected chi connectivity index (χ3v) is 8.18. The topological polar surface area (TPSA) is 92.8 Å². The number of amides is 1. The predicted molar refractivity (Wildman–Crippen MR) is 144 cm³/mol. The minimum Gasteiger partial charge on any atom is -0.444 e. The quantitative estimate of drug-likeness (QED) is 0.444. The Morgan fingerprint density at radius 3 is 2.87 bits per heavy atom. The van der Waals surface area contributed by atoms with Crippen LogP contribution in [0.3, 0.4) is 0 Å². The lowest BCUT2D eigenvalue weighted by Gasteiger charge is -2.29. The number of pyridine rings is 1.